The smallest absolute Gasteiger partial charge is 0.128 e. The fraction of sp³-hybridized carbons (Fsp3) is 0.538. The highest BCUT2D eigenvalue weighted by Crippen LogP contribution is 2.17. The van der Waals surface area contributed by atoms with Crippen LogP contribution in [0.2, 0.25) is 0 Å². The molecule has 0 saturated carbocycles. The van der Waals surface area contributed by atoms with Crippen LogP contribution in [-0.4, -0.2) is 31.6 Å². The molecule has 1 saturated heterocycles. The molecular weight excluding hydrogens is 222 g/mol. The number of rotatable bonds is 3. The van der Waals surface area contributed by atoms with Gasteiger partial charge in [0.05, 0.1) is 0 Å². The molecule has 1 atom stereocenters. The lowest BCUT2D eigenvalue weighted by molar-refractivity contribution is 0.217. The van der Waals surface area contributed by atoms with Crippen LogP contribution >= 0.6 is 0 Å². The molecule has 0 amide bonds. The van der Waals surface area contributed by atoms with Gasteiger partial charge in [-0.3, -0.25) is 0 Å². The summed E-state index contributed by atoms with van der Waals surface area (Å²) < 4.78 is 25.9. The van der Waals surface area contributed by atoms with Gasteiger partial charge in [0.25, 0.3) is 0 Å². The summed E-state index contributed by atoms with van der Waals surface area (Å²) in [6.07, 6.45) is 2.37. The Bertz CT molecular complexity index is 361. The van der Waals surface area contributed by atoms with E-state index >= 15 is 0 Å². The lowest BCUT2D eigenvalue weighted by atomic mass is 9.98. The van der Waals surface area contributed by atoms with Crippen molar-refractivity contribution in [3.8, 4) is 0 Å². The molecule has 1 fully saturated rings. The molecule has 0 spiro atoms. The normalized spacial score (nSPS) is 21.5. The van der Waals surface area contributed by atoms with Gasteiger partial charge in [0, 0.05) is 24.8 Å². The number of nitrogens with one attached hydrogen (secondary N) is 1. The van der Waals surface area contributed by atoms with Crippen molar-refractivity contribution in [3.63, 3.8) is 0 Å². The molecular formula is C13H18F2N2. The lowest BCUT2D eigenvalue weighted by Crippen LogP contribution is -2.35. The average Bonchev–Trinajstić information content (AvgIpc) is 2.25. The van der Waals surface area contributed by atoms with E-state index in [1.54, 1.807) is 0 Å². The van der Waals surface area contributed by atoms with Crippen LogP contribution in [0.1, 0.15) is 12.8 Å². The fourth-order valence-corrected chi connectivity index (χ4v) is 2.36. The second-order valence-corrected chi connectivity index (χ2v) is 4.81. The summed E-state index contributed by atoms with van der Waals surface area (Å²) in [5.74, 6) is -0.512. The first kappa shape index (κ1) is 12.3. The Balaban J connectivity index is 1.88. The van der Waals surface area contributed by atoms with Crippen molar-refractivity contribution in [1.29, 1.82) is 0 Å². The number of benzene rings is 1. The summed E-state index contributed by atoms with van der Waals surface area (Å²) >= 11 is 0. The molecule has 4 heteroatoms. The molecule has 1 aliphatic heterocycles. The van der Waals surface area contributed by atoms with Gasteiger partial charge in [0.2, 0.25) is 0 Å². The molecule has 0 bridgehead atoms. The molecule has 0 aromatic heterocycles. The molecule has 0 radical (unpaired) electrons. The molecule has 2 rings (SSSR count). The van der Waals surface area contributed by atoms with Gasteiger partial charge in [-0.2, -0.15) is 0 Å². The summed E-state index contributed by atoms with van der Waals surface area (Å²) in [7, 11) is 2.11. The highest BCUT2D eigenvalue weighted by molar-refractivity contribution is 5.43. The first-order valence-electron chi connectivity index (χ1n) is 6.02. The number of anilines is 1. The minimum Gasteiger partial charge on any atom is -0.385 e. The molecule has 2 nitrogen and oxygen atoms in total. The zero-order chi connectivity index (χ0) is 12.3. The van der Waals surface area contributed by atoms with Crippen LogP contribution in [0.3, 0.4) is 0 Å². The van der Waals surface area contributed by atoms with Crippen molar-refractivity contribution in [1.82, 2.24) is 4.90 Å². The Morgan fingerprint density at radius 2 is 2.00 bits per heavy atom. The summed E-state index contributed by atoms with van der Waals surface area (Å²) in [4.78, 5) is 2.29. The van der Waals surface area contributed by atoms with E-state index in [1.165, 1.54) is 25.0 Å². The largest absolute Gasteiger partial charge is 0.385 e. The summed E-state index contributed by atoms with van der Waals surface area (Å²) in [6, 6.07) is 3.55. The van der Waals surface area contributed by atoms with Gasteiger partial charge >= 0.3 is 0 Å². The molecule has 1 aromatic carbocycles. The Kier molecular flexibility index (Phi) is 3.94. The highest BCUT2D eigenvalue weighted by Gasteiger charge is 2.16. The van der Waals surface area contributed by atoms with Crippen molar-refractivity contribution < 1.29 is 8.78 Å². The second kappa shape index (κ2) is 5.45. The molecule has 0 aliphatic carbocycles. The van der Waals surface area contributed by atoms with Gasteiger partial charge in [0.15, 0.2) is 0 Å². The van der Waals surface area contributed by atoms with Crippen molar-refractivity contribution in [2.24, 2.45) is 5.92 Å². The third kappa shape index (κ3) is 3.66. The van der Waals surface area contributed by atoms with Gasteiger partial charge in [0.1, 0.15) is 11.6 Å². The third-order valence-corrected chi connectivity index (χ3v) is 3.18. The Hall–Kier alpha value is -1.16. The first-order chi connectivity index (χ1) is 8.13. The zero-order valence-electron chi connectivity index (χ0n) is 10.0. The third-order valence-electron chi connectivity index (χ3n) is 3.18. The van der Waals surface area contributed by atoms with Gasteiger partial charge in [-0.1, -0.05) is 0 Å². The molecule has 1 aromatic rings. The lowest BCUT2D eigenvalue weighted by Gasteiger charge is -2.29. The van der Waals surface area contributed by atoms with E-state index < -0.39 is 11.6 Å². The van der Waals surface area contributed by atoms with E-state index in [2.05, 4.69) is 17.3 Å². The minimum atomic E-state index is -0.534. The van der Waals surface area contributed by atoms with Crippen molar-refractivity contribution in [2.75, 3.05) is 32.0 Å². The molecule has 1 unspecified atom stereocenters. The number of hydrogen-bond acceptors (Lipinski definition) is 2. The highest BCUT2D eigenvalue weighted by atomic mass is 19.1. The molecule has 1 N–H and O–H groups in total. The van der Waals surface area contributed by atoms with E-state index in [4.69, 9.17) is 0 Å². The Labute approximate surface area is 101 Å². The van der Waals surface area contributed by atoms with Gasteiger partial charge in [-0.25, -0.2) is 8.78 Å². The summed E-state index contributed by atoms with van der Waals surface area (Å²) in [5.41, 5.74) is 0.524. The summed E-state index contributed by atoms with van der Waals surface area (Å²) in [6.45, 7) is 2.96. The van der Waals surface area contributed by atoms with E-state index in [0.717, 1.165) is 25.7 Å². The minimum absolute atomic E-state index is 0.524. The van der Waals surface area contributed by atoms with Crippen LogP contribution in [0.5, 0.6) is 0 Å². The topological polar surface area (TPSA) is 15.3 Å². The zero-order valence-corrected chi connectivity index (χ0v) is 10.0. The fourth-order valence-electron chi connectivity index (χ4n) is 2.36. The number of nitrogens with zero attached hydrogens (tertiary/aromatic N) is 1. The van der Waals surface area contributed by atoms with Gasteiger partial charge in [-0.15, -0.1) is 0 Å². The van der Waals surface area contributed by atoms with Crippen LogP contribution < -0.4 is 5.32 Å². The van der Waals surface area contributed by atoms with Crippen molar-refractivity contribution in [2.45, 2.75) is 12.8 Å². The Morgan fingerprint density at radius 1 is 1.29 bits per heavy atom. The van der Waals surface area contributed by atoms with E-state index in [9.17, 15) is 8.78 Å². The predicted octanol–water partition coefficient (Wildman–Crippen LogP) is 2.72. The molecule has 1 aliphatic rings. The van der Waals surface area contributed by atoms with Crippen LogP contribution in [0.15, 0.2) is 18.2 Å². The van der Waals surface area contributed by atoms with Gasteiger partial charge in [-0.05, 0) is 44.5 Å². The van der Waals surface area contributed by atoms with Gasteiger partial charge < -0.3 is 10.2 Å². The maximum atomic E-state index is 13.0. The molecule has 1 heterocycles. The van der Waals surface area contributed by atoms with Crippen LogP contribution in [0.25, 0.3) is 0 Å². The average molecular weight is 240 g/mol. The van der Waals surface area contributed by atoms with E-state index in [0.29, 0.717) is 11.6 Å². The standard InChI is InChI=1S/C13H18F2N2/c1-17-4-2-3-10(9-17)8-16-13-6-11(14)5-12(15)7-13/h5-7,10,16H,2-4,8-9H2,1H3. The SMILES string of the molecule is CN1CCCC(CNc2cc(F)cc(F)c2)C1. The van der Waals surface area contributed by atoms with Crippen molar-refractivity contribution in [3.05, 3.63) is 29.8 Å². The van der Waals surface area contributed by atoms with Crippen molar-refractivity contribution >= 4 is 5.69 Å². The maximum absolute atomic E-state index is 13.0. The molecule has 94 valence electrons. The number of hydrogen-bond donors (Lipinski definition) is 1. The number of piperidine rings is 1. The predicted molar refractivity (Wildman–Crippen MR) is 65.1 cm³/mol. The second-order valence-electron chi connectivity index (χ2n) is 4.81. The van der Waals surface area contributed by atoms with Crippen LogP contribution in [-0.2, 0) is 0 Å². The summed E-state index contributed by atoms with van der Waals surface area (Å²) in [5, 5.41) is 3.11. The first-order valence-corrected chi connectivity index (χ1v) is 6.02. The van der Waals surface area contributed by atoms with E-state index in [-0.39, 0.29) is 0 Å². The Morgan fingerprint density at radius 3 is 2.65 bits per heavy atom. The number of halogens is 2. The van der Waals surface area contributed by atoms with E-state index in [1.807, 2.05) is 0 Å². The maximum Gasteiger partial charge on any atom is 0.128 e. The monoisotopic (exact) mass is 240 g/mol. The quantitative estimate of drug-likeness (QED) is 0.874. The van der Waals surface area contributed by atoms with Crippen LogP contribution in [0.4, 0.5) is 14.5 Å². The number of likely N-dealkylation sites (tertiary alicyclic amines) is 1. The molecule has 17 heavy (non-hydrogen) atoms. The van der Waals surface area contributed by atoms with Crippen LogP contribution in [0, 0.1) is 17.6 Å².